The van der Waals surface area contributed by atoms with E-state index in [4.69, 9.17) is 0 Å². The standard InChI is InChI=1S/C8H16N2O3S/c1-6(14(2,12)13)8(11)10-7-3-4-9-5-7/h6-7,9H,3-5H2,1-2H3,(H,10,11)/t6?,7-/m1/s1. The first-order valence-corrected chi connectivity index (χ1v) is 6.56. The van der Waals surface area contributed by atoms with Gasteiger partial charge in [-0.25, -0.2) is 8.42 Å². The Morgan fingerprint density at radius 2 is 2.21 bits per heavy atom. The molecule has 1 fully saturated rings. The molecule has 14 heavy (non-hydrogen) atoms. The zero-order valence-electron chi connectivity index (χ0n) is 8.41. The number of nitrogens with one attached hydrogen (secondary N) is 2. The quantitative estimate of drug-likeness (QED) is 0.633. The molecule has 0 radical (unpaired) electrons. The molecule has 1 unspecified atom stereocenters. The van der Waals surface area contributed by atoms with E-state index >= 15 is 0 Å². The van der Waals surface area contributed by atoms with Crippen molar-refractivity contribution in [2.75, 3.05) is 19.3 Å². The lowest BCUT2D eigenvalue weighted by molar-refractivity contribution is -0.121. The van der Waals surface area contributed by atoms with Gasteiger partial charge in [-0.15, -0.1) is 0 Å². The molecule has 0 spiro atoms. The zero-order valence-corrected chi connectivity index (χ0v) is 9.23. The van der Waals surface area contributed by atoms with Crippen molar-refractivity contribution in [1.29, 1.82) is 0 Å². The molecule has 0 aliphatic carbocycles. The van der Waals surface area contributed by atoms with E-state index in [1.54, 1.807) is 0 Å². The highest BCUT2D eigenvalue weighted by molar-refractivity contribution is 7.92. The molecule has 2 N–H and O–H groups in total. The number of sulfone groups is 1. The van der Waals surface area contributed by atoms with Crippen molar-refractivity contribution in [2.24, 2.45) is 0 Å². The predicted octanol–water partition coefficient (Wildman–Crippen LogP) is -1.10. The molecule has 5 nitrogen and oxygen atoms in total. The Kier molecular flexibility index (Phi) is 3.49. The number of rotatable bonds is 3. The van der Waals surface area contributed by atoms with Crippen molar-refractivity contribution in [3.8, 4) is 0 Å². The molecule has 1 rings (SSSR count). The number of carbonyl (C=O) groups excluding carboxylic acids is 1. The maximum absolute atomic E-state index is 11.4. The van der Waals surface area contributed by atoms with Crippen LogP contribution in [0.2, 0.25) is 0 Å². The predicted molar refractivity (Wildman–Crippen MR) is 53.7 cm³/mol. The van der Waals surface area contributed by atoms with Crippen molar-refractivity contribution in [3.05, 3.63) is 0 Å². The van der Waals surface area contributed by atoms with Gasteiger partial charge in [0.25, 0.3) is 0 Å². The summed E-state index contributed by atoms with van der Waals surface area (Å²) in [5.74, 6) is -0.402. The fourth-order valence-corrected chi connectivity index (χ4v) is 1.75. The molecule has 1 amide bonds. The van der Waals surface area contributed by atoms with E-state index in [9.17, 15) is 13.2 Å². The van der Waals surface area contributed by atoms with Gasteiger partial charge in [0.05, 0.1) is 0 Å². The van der Waals surface area contributed by atoms with Gasteiger partial charge >= 0.3 is 0 Å². The first kappa shape index (κ1) is 11.5. The van der Waals surface area contributed by atoms with Crippen LogP contribution in [0.5, 0.6) is 0 Å². The first-order valence-electron chi connectivity index (χ1n) is 4.61. The molecule has 0 saturated carbocycles. The highest BCUT2D eigenvalue weighted by atomic mass is 32.2. The van der Waals surface area contributed by atoms with Crippen LogP contribution in [0.3, 0.4) is 0 Å². The van der Waals surface area contributed by atoms with E-state index in [0.717, 1.165) is 25.8 Å². The minimum Gasteiger partial charge on any atom is -0.351 e. The van der Waals surface area contributed by atoms with Crippen LogP contribution >= 0.6 is 0 Å². The molecule has 1 saturated heterocycles. The van der Waals surface area contributed by atoms with E-state index in [1.807, 2.05) is 0 Å². The number of amides is 1. The Morgan fingerprint density at radius 1 is 1.57 bits per heavy atom. The maximum atomic E-state index is 11.4. The molecule has 1 aliphatic rings. The summed E-state index contributed by atoms with van der Waals surface area (Å²) in [5, 5.41) is 4.84. The van der Waals surface area contributed by atoms with E-state index in [2.05, 4.69) is 10.6 Å². The highest BCUT2D eigenvalue weighted by Crippen LogP contribution is 2.02. The summed E-state index contributed by atoms with van der Waals surface area (Å²) < 4.78 is 22.1. The highest BCUT2D eigenvalue weighted by Gasteiger charge is 2.26. The Labute approximate surface area is 84.2 Å². The second kappa shape index (κ2) is 4.27. The summed E-state index contributed by atoms with van der Waals surface area (Å²) in [7, 11) is -3.28. The molecule has 0 bridgehead atoms. The van der Waals surface area contributed by atoms with Crippen LogP contribution in [0.4, 0.5) is 0 Å². The van der Waals surface area contributed by atoms with Crippen molar-refractivity contribution in [1.82, 2.24) is 10.6 Å². The van der Waals surface area contributed by atoms with Crippen LogP contribution in [0, 0.1) is 0 Å². The minimum atomic E-state index is -3.28. The lowest BCUT2D eigenvalue weighted by Crippen LogP contribution is -2.43. The van der Waals surface area contributed by atoms with Crippen molar-refractivity contribution in [2.45, 2.75) is 24.6 Å². The van der Waals surface area contributed by atoms with E-state index in [-0.39, 0.29) is 6.04 Å². The van der Waals surface area contributed by atoms with Crippen molar-refractivity contribution in [3.63, 3.8) is 0 Å². The van der Waals surface area contributed by atoms with Gasteiger partial charge in [-0.1, -0.05) is 0 Å². The Hall–Kier alpha value is -0.620. The molecule has 82 valence electrons. The van der Waals surface area contributed by atoms with Crippen molar-refractivity contribution >= 4 is 15.7 Å². The largest absolute Gasteiger partial charge is 0.351 e. The van der Waals surface area contributed by atoms with E-state index in [1.165, 1.54) is 6.92 Å². The second-order valence-electron chi connectivity index (χ2n) is 3.67. The fraction of sp³-hybridized carbons (Fsp3) is 0.875. The van der Waals surface area contributed by atoms with Crippen LogP contribution in [-0.2, 0) is 14.6 Å². The first-order chi connectivity index (χ1) is 6.41. The van der Waals surface area contributed by atoms with Gasteiger partial charge < -0.3 is 10.6 Å². The molecular formula is C8H16N2O3S. The molecule has 6 heteroatoms. The molecule has 0 aromatic carbocycles. The summed E-state index contributed by atoms with van der Waals surface area (Å²) in [6, 6.07) is 0.0756. The molecule has 0 aromatic heterocycles. The lowest BCUT2D eigenvalue weighted by atomic mass is 10.2. The average molecular weight is 220 g/mol. The smallest absolute Gasteiger partial charge is 0.238 e. The summed E-state index contributed by atoms with van der Waals surface area (Å²) in [6.45, 7) is 3.01. The Bertz CT molecular complexity index is 307. The van der Waals surface area contributed by atoms with Crippen LogP contribution in [0.1, 0.15) is 13.3 Å². The third-order valence-electron chi connectivity index (χ3n) is 2.42. The number of hydrogen-bond acceptors (Lipinski definition) is 4. The van der Waals surface area contributed by atoms with Gasteiger partial charge in [0.2, 0.25) is 5.91 Å². The molecule has 0 aromatic rings. The van der Waals surface area contributed by atoms with E-state index in [0.29, 0.717) is 0 Å². The van der Waals surface area contributed by atoms with Crippen LogP contribution in [0.15, 0.2) is 0 Å². The minimum absolute atomic E-state index is 0.0756. The maximum Gasteiger partial charge on any atom is 0.238 e. The van der Waals surface area contributed by atoms with Gasteiger partial charge in [0.1, 0.15) is 5.25 Å². The summed E-state index contributed by atoms with van der Waals surface area (Å²) in [5.41, 5.74) is 0. The lowest BCUT2D eigenvalue weighted by Gasteiger charge is -2.14. The van der Waals surface area contributed by atoms with Gasteiger partial charge in [-0.3, -0.25) is 4.79 Å². The average Bonchev–Trinajstić information content (AvgIpc) is 2.53. The normalized spacial score (nSPS) is 24.6. The third kappa shape index (κ3) is 2.95. The Morgan fingerprint density at radius 3 is 2.64 bits per heavy atom. The number of hydrogen-bond donors (Lipinski definition) is 2. The van der Waals surface area contributed by atoms with Crippen LogP contribution < -0.4 is 10.6 Å². The fourth-order valence-electron chi connectivity index (χ4n) is 1.29. The number of carbonyl (C=O) groups is 1. The molecule has 1 aliphatic heterocycles. The third-order valence-corrected chi connectivity index (χ3v) is 3.92. The van der Waals surface area contributed by atoms with Crippen molar-refractivity contribution < 1.29 is 13.2 Å². The molecule has 1 heterocycles. The molecular weight excluding hydrogens is 204 g/mol. The SMILES string of the molecule is CC(C(=O)N[C@@H]1CCNC1)S(C)(=O)=O. The van der Waals surface area contributed by atoms with E-state index < -0.39 is 21.0 Å². The van der Waals surface area contributed by atoms with Gasteiger partial charge in [-0.05, 0) is 19.9 Å². The topological polar surface area (TPSA) is 75.3 Å². The summed E-state index contributed by atoms with van der Waals surface area (Å²) >= 11 is 0. The zero-order chi connectivity index (χ0) is 10.8. The summed E-state index contributed by atoms with van der Waals surface area (Å²) in [6.07, 6.45) is 1.94. The Balaban J connectivity index is 2.49. The van der Waals surface area contributed by atoms with Gasteiger partial charge in [0.15, 0.2) is 9.84 Å². The van der Waals surface area contributed by atoms with Gasteiger partial charge in [0, 0.05) is 18.8 Å². The van der Waals surface area contributed by atoms with Crippen LogP contribution in [0.25, 0.3) is 0 Å². The van der Waals surface area contributed by atoms with Crippen LogP contribution in [-0.4, -0.2) is 45.0 Å². The molecule has 2 atom stereocenters. The summed E-state index contributed by atoms with van der Waals surface area (Å²) in [4.78, 5) is 11.4. The van der Waals surface area contributed by atoms with Gasteiger partial charge in [-0.2, -0.15) is 0 Å². The second-order valence-corrected chi connectivity index (χ2v) is 6.04. The monoisotopic (exact) mass is 220 g/mol.